The maximum atomic E-state index is 14.0. The third-order valence-electron chi connectivity index (χ3n) is 8.46. The first kappa shape index (κ1) is 23.2. The highest BCUT2D eigenvalue weighted by Crippen LogP contribution is 2.63. The Morgan fingerprint density at radius 2 is 1.59 bits per heavy atom. The van der Waals surface area contributed by atoms with Gasteiger partial charge in [-0.2, -0.15) is 10.5 Å². The van der Waals surface area contributed by atoms with Crippen molar-refractivity contribution >= 4 is 28.3 Å². The van der Waals surface area contributed by atoms with E-state index in [-0.39, 0.29) is 11.8 Å². The van der Waals surface area contributed by atoms with Crippen molar-refractivity contribution < 1.29 is 19.1 Å². The van der Waals surface area contributed by atoms with Gasteiger partial charge in [-0.15, -0.1) is 0 Å². The van der Waals surface area contributed by atoms with Crippen molar-refractivity contribution in [3.8, 4) is 17.9 Å². The van der Waals surface area contributed by atoms with Gasteiger partial charge in [0.1, 0.15) is 5.75 Å². The van der Waals surface area contributed by atoms with E-state index in [0.717, 1.165) is 11.8 Å². The zero-order valence-corrected chi connectivity index (χ0v) is 20.4. The average Bonchev–Trinajstić information content (AvgIpc) is 3.55. The molecule has 0 aliphatic carbocycles. The van der Waals surface area contributed by atoms with Crippen LogP contribution in [0.15, 0.2) is 60.7 Å². The van der Waals surface area contributed by atoms with Crippen LogP contribution >= 0.6 is 0 Å². The van der Waals surface area contributed by atoms with Crippen LogP contribution in [0.1, 0.15) is 43.7 Å². The molecule has 37 heavy (non-hydrogen) atoms. The van der Waals surface area contributed by atoms with Gasteiger partial charge in [0.25, 0.3) is 0 Å². The Hall–Kier alpha value is -4.20. The second-order valence-electron chi connectivity index (χ2n) is 10.1. The summed E-state index contributed by atoms with van der Waals surface area (Å²) in [5.74, 6) is -0.931. The molecule has 3 aliphatic heterocycles. The molecule has 6 rings (SSSR count). The second-order valence-corrected chi connectivity index (χ2v) is 10.1. The van der Waals surface area contributed by atoms with Crippen molar-refractivity contribution in [3.63, 3.8) is 0 Å². The molecule has 3 aliphatic rings. The summed E-state index contributed by atoms with van der Waals surface area (Å²) in [6, 6.07) is 22.0. The average molecular weight is 492 g/mol. The lowest BCUT2D eigenvalue weighted by atomic mass is 9.66. The number of nitrogens with zero attached hydrogens (tertiary/aromatic N) is 3. The van der Waals surface area contributed by atoms with Crippen LogP contribution in [-0.2, 0) is 14.3 Å². The van der Waals surface area contributed by atoms with Gasteiger partial charge in [0.15, 0.2) is 0 Å². The summed E-state index contributed by atoms with van der Waals surface area (Å²) < 4.78 is 12.6. The molecule has 2 bridgehead atoms. The van der Waals surface area contributed by atoms with Crippen LogP contribution in [-0.4, -0.2) is 29.6 Å². The highest BCUT2D eigenvalue weighted by Gasteiger charge is 2.74. The van der Waals surface area contributed by atoms with E-state index in [1.54, 1.807) is 36.4 Å². The number of fused-ring (bicyclic) bond motifs is 6. The van der Waals surface area contributed by atoms with Gasteiger partial charge in [-0.05, 0) is 55.7 Å². The third-order valence-corrected chi connectivity index (χ3v) is 8.46. The first-order chi connectivity index (χ1) is 18.0. The highest BCUT2D eigenvalue weighted by atomic mass is 16.5. The zero-order valence-electron chi connectivity index (χ0n) is 20.4. The fourth-order valence-corrected chi connectivity index (χ4v) is 6.68. The number of benzene rings is 3. The summed E-state index contributed by atoms with van der Waals surface area (Å²) in [5, 5.41) is 20.0. The Balaban J connectivity index is 1.33. The zero-order chi connectivity index (χ0) is 25.8. The predicted molar refractivity (Wildman–Crippen MR) is 135 cm³/mol. The maximum absolute atomic E-state index is 14.0. The van der Waals surface area contributed by atoms with Crippen LogP contribution in [0.4, 0.5) is 5.69 Å². The highest BCUT2D eigenvalue weighted by molar-refractivity contribution is 6.26. The van der Waals surface area contributed by atoms with E-state index >= 15 is 0 Å². The summed E-state index contributed by atoms with van der Waals surface area (Å²) in [4.78, 5) is 29.3. The van der Waals surface area contributed by atoms with Crippen molar-refractivity contribution in [1.29, 1.82) is 10.5 Å². The fraction of sp³-hybridized carbons (Fsp3) is 0.333. The molecule has 0 radical (unpaired) electrons. The van der Waals surface area contributed by atoms with Gasteiger partial charge in [-0.25, -0.2) is 4.90 Å². The summed E-state index contributed by atoms with van der Waals surface area (Å²) in [6.45, 7) is 2.35. The molecular formula is C30H25N3O4. The van der Waals surface area contributed by atoms with Crippen molar-refractivity contribution in [2.75, 3.05) is 11.5 Å². The van der Waals surface area contributed by atoms with E-state index in [1.165, 1.54) is 4.90 Å². The maximum Gasteiger partial charge on any atom is 0.240 e. The normalized spacial score (nSPS) is 27.8. The van der Waals surface area contributed by atoms with E-state index in [0.29, 0.717) is 53.8 Å². The van der Waals surface area contributed by atoms with Crippen molar-refractivity contribution in [1.82, 2.24) is 0 Å². The molecule has 0 aromatic heterocycles. The number of amides is 2. The summed E-state index contributed by atoms with van der Waals surface area (Å²) >= 11 is 0. The van der Waals surface area contributed by atoms with Crippen molar-refractivity contribution in [2.45, 2.75) is 43.8 Å². The van der Waals surface area contributed by atoms with E-state index in [9.17, 15) is 14.9 Å². The number of hydrogen-bond acceptors (Lipinski definition) is 6. The van der Waals surface area contributed by atoms with E-state index in [4.69, 9.17) is 14.7 Å². The number of hydrogen-bond donors (Lipinski definition) is 0. The SMILES string of the molecule is CCC12CCC(CCOc3ccc(C#N)cc3)(O1)C1C(=O)N(c3ccc(C#N)c4ccccc34)C(=O)C12. The Bertz CT molecular complexity index is 1520. The van der Waals surface area contributed by atoms with Crippen LogP contribution in [0.2, 0.25) is 0 Å². The lowest BCUT2D eigenvalue weighted by molar-refractivity contribution is -0.132. The lowest BCUT2D eigenvalue weighted by Crippen LogP contribution is -2.43. The molecule has 0 N–H and O–H groups in total. The first-order valence-electron chi connectivity index (χ1n) is 12.6. The molecule has 7 heteroatoms. The lowest BCUT2D eigenvalue weighted by Gasteiger charge is -2.31. The number of nitriles is 2. The number of carbonyl (C=O) groups excluding carboxylic acids is 2. The van der Waals surface area contributed by atoms with Gasteiger partial charge < -0.3 is 9.47 Å². The van der Waals surface area contributed by atoms with Gasteiger partial charge in [-0.1, -0.05) is 31.2 Å². The molecular weight excluding hydrogens is 466 g/mol. The van der Waals surface area contributed by atoms with Gasteiger partial charge in [0.2, 0.25) is 11.8 Å². The quantitative estimate of drug-likeness (QED) is 0.456. The molecule has 3 aromatic rings. The van der Waals surface area contributed by atoms with Crippen molar-refractivity contribution in [3.05, 3.63) is 71.8 Å². The van der Waals surface area contributed by atoms with Gasteiger partial charge in [0.05, 0.1) is 58.6 Å². The fourth-order valence-electron chi connectivity index (χ4n) is 6.68. The predicted octanol–water partition coefficient (Wildman–Crippen LogP) is 4.87. The van der Waals surface area contributed by atoms with Gasteiger partial charge in [-0.3, -0.25) is 9.59 Å². The summed E-state index contributed by atoms with van der Waals surface area (Å²) in [6.07, 6.45) is 2.55. The Morgan fingerprint density at radius 1 is 0.919 bits per heavy atom. The minimum atomic E-state index is -0.767. The molecule has 2 amide bonds. The monoisotopic (exact) mass is 491 g/mol. The molecule has 7 nitrogen and oxygen atoms in total. The minimum absolute atomic E-state index is 0.221. The number of carbonyl (C=O) groups is 2. The van der Waals surface area contributed by atoms with Crippen LogP contribution < -0.4 is 9.64 Å². The van der Waals surface area contributed by atoms with E-state index in [1.807, 2.05) is 31.2 Å². The van der Waals surface area contributed by atoms with E-state index < -0.39 is 23.0 Å². The third kappa shape index (κ3) is 3.28. The molecule has 184 valence electrons. The van der Waals surface area contributed by atoms with Gasteiger partial charge in [0, 0.05) is 17.2 Å². The number of ether oxygens (including phenoxy) is 2. The second kappa shape index (κ2) is 8.44. The smallest absolute Gasteiger partial charge is 0.240 e. The van der Waals surface area contributed by atoms with Gasteiger partial charge >= 0.3 is 0 Å². The van der Waals surface area contributed by atoms with Crippen LogP contribution in [0.5, 0.6) is 5.75 Å². The number of rotatable bonds is 6. The summed E-state index contributed by atoms with van der Waals surface area (Å²) in [5.41, 5.74) is 0.152. The van der Waals surface area contributed by atoms with Crippen LogP contribution in [0, 0.1) is 34.5 Å². The van der Waals surface area contributed by atoms with Crippen molar-refractivity contribution in [2.24, 2.45) is 11.8 Å². The molecule has 3 aromatic carbocycles. The Labute approximate surface area is 214 Å². The summed E-state index contributed by atoms with van der Waals surface area (Å²) in [7, 11) is 0. The Kier molecular flexibility index (Phi) is 5.29. The molecule has 4 atom stereocenters. The minimum Gasteiger partial charge on any atom is -0.493 e. The van der Waals surface area contributed by atoms with Crippen LogP contribution in [0.25, 0.3) is 10.8 Å². The largest absolute Gasteiger partial charge is 0.493 e. The molecule has 0 spiro atoms. The standard InChI is InChI=1S/C30H25N3O4/c1-2-29-13-14-30(37-29,15-16-36-21-10-7-19(17-31)8-11-21)26-25(29)27(34)33(28(26)35)24-12-9-20(18-32)22-5-3-4-6-23(22)24/h3-12,25-26H,2,13-16H2,1H3. The number of imide groups is 1. The molecule has 0 saturated carbocycles. The molecule has 3 saturated heterocycles. The topological polar surface area (TPSA) is 103 Å². The first-order valence-corrected chi connectivity index (χ1v) is 12.6. The van der Waals surface area contributed by atoms with E-state index in [2.05, 4.69) is 12.1 Å². The molecule has 3 fully saturated rings. The Morgan fingerprint density at radius 3 is 2.27 bits per heavy atom. The van der Waals surface area contributed by atoms with Crippen LogP contribution in [0.3, 0.4) is 0 Å². The number of anilines is 1. The molecule has 3 heterocycles. The molecule has 4 unspecified atom stereocenters.